The Bertz CT molecular complexity index is 208. The van der Waals surface area contributed by atoms with Crippen molar-refractivity contribution in [3.05, 3.63) is 0 Å². The number of hydrogen-bond acceptors (Lipinski definition) is 3. The zero-order chi connectivity index (χ0) is 11.3. The molecule has 0 bridgehead atoms. The lowest BCUT2D eigenvalue weighted by Crippen LogP contribution is -2.46. The largest absolute Gasteiger partial charge is 0.462 e. The van der Waals surface area contributed by atoms with E-state index in [1.54, 1.807) is 0 Å². The second-order valence-corrected chi connectivity index (χ2v) is 5.01. The van der Waals surface area contributed by atoms with E-state index in [-0.39, 0.29) is 17.6 Å². The van der Waals surface area contributed by atoms with E-state index in [0.717, 1.165) is 0 Å². The highest BCUT2D eigenvalue weighted by molar-refractivity contribution is 5.71. The molecule has 0 radical (unpaired) electrons. The van der Waals surface area contributed by atoms with Crippen LogP contribution >= 0.6 is 0 Å². The van der Waals surface area contributed by atoms with E-state index in [4.69, 9.17) is 4.74 Å². The van der Waals surface area contributed by atoms with E-state index in [1.807, 2.05) is 13.8 Å². The van der Waals surface area contributed by atoms with Crippen molar-refractivity contribution >= 4 is 5.97 Å². The minimum atomic E-state index is -0.142. The summed E-state index contributed by atoms with van der Waals surface area (Å²) in [5, 5.41) is 3.33. The molecule has 0 aromatic heterocycles. The molecule has 0 spiro atoms. The van der Waals surface area contributed by atoms with Gasteiger partial charge in [0.05, 0.1) is 12.6 Å². The quantitative estimate of drug-likeness (QED) is 0.728. The van der Waals surface area contributed by atoms with Gasteiger partial charge in [0.1, 0.15) is 0 Å². The van der Waals surface area contributed by atoms with Gasteiger partial charge in [-0.1, -0.05) is 19.3 Å². The lowest BCUT2D eigenvalue weighted by atomic mass is 9.83. The van der Waals surface area contributed by atoms with Gasteiger partial charge >= 0.3 is 5.97 Å². The van der Waals surface area contributed by atoms with Gasteiger partial charge in [0, 0.05) is 5.54 Å². The smallest absolute Gasteiger partial charge is 0.320 e. The van der Waals surface area contributed by atoms with Crippen LogP contribution in [0.2, 0.25) is 0 Å². The summed E-state index contributed by atoms with van der Waals surface area (Å²) in [5.41, 5.74) is 0.147. The van der Waals surface area contributed by atoms with Crippen molar-refractivity contribution in [2.75, 3.05) is 6.54 Å². The van der Waals surface area contributed by atoms with Crippen LogP contribution in [0.4, 0.5) is 0 Å². The van der Waals surface area contributed by atoms with Crippen LogP contribution < -0.4 is 5.32 Å². The van der Waals surface area contributed by atoms with Crippen LogP contribution in [0.5, 0.6) is 0 Å². The van der Waals surface area contributed by atoms with Crippen LogP contribution in [0, 0.1) is 0 Å². The summed E-state index contributed by atoms with van der Waals surface area (Å²) >= 11 is 0. The highest BCUT2D eigenvalue weighted by Gasteiger charge is 2.26. The molecule has 15 heavy (non-hydrogen) atoms. The lowest BCUT2D eigenvalue weighted by Gasteiger charge is -2.34. The lowest BCUT2D eigenvalue weighted by molar-refractivity contribution is -0.146. The molecule has 88 valence electrons. The van der Waals surface area contributed by atoms with E-state index in [1.165, 1.54) is 32.1 Å². The highest BCUT2D eigenvalue weighted by atomic mass is 16.5. The Kier molecular flexibility index (Phi) is 4.58. The van der Waals surface area contributed by atoms with Gasteiger partial charge in [-0.3, -0.25) is 4.79 Å². The van der Waals surface area contributed by atoms with E-state index in [9.17, 15) is 4.79 Å². The van der Waals surface area contributed by atoms with Crippen molar-refractivity contribution < 1.29 is 9.53 Å². The Labute approximate surface area is 92.6 Å². The molecule has 0 heterocycles. The first-order chi connectivity index (χ1) is 7.02. The SMILES string of the molecule is CC(C)OC(=O)CNC1(C)CCCCC1. The average molecular weight is 213 g/mol. The van der Waals surface area contributed by atoms with Gasteiger partial charge in [0.2, 0.25) is 0 Å². The first-order valence-corrected chi connectivity index (χ1v) is 5.96. The van der Waals surface area contributed by atoms with Crippen LogP contribution in [0.1, 0.15) is 52.9 Å². The first-order valence-electron chi connectivity index (χ1n) is 5.96. The van der Waals surface area contributed by atoms with Crippen LogP contribution in [-0.2, 0) is 9.53 Å². The second-order valence-electron chi connectivity index (χ2n) is 5.01. The minimum absolute atomic E-state index is 0.0153. The Balaban J connectivity index is 2.25. The summed E-state index contributed by atoms with van der Waals surface area (Å²) in [4.78, 5) is 11.4. The molecule has 3 heteroatoms. The third-order valence-corrected chi connectivity index (χ3v) is 2.98. The third kappa shape index (κ3) is 4.65. The second kappa shape index (κ2) is 5.50. The maximum Gasteiger partial charge on any atom is 0.320 e. The normalized spacial score (nSPS) is 20.3. The summed E-state index contributed by atoms with van der Waals surface area (Å²) in [7, 11) is 0. The zero-order valence-electron chi connectivity index (χ0n) is 10.1. The van der Waals surface area contributed by atoms with Crippen LogP contribution in [-0.4, -0.2) is 24.2 Å². The topological polar surface area (TPSA) is 38.3 Å². The average Bonchev–Trinajstić information content (AvgIpc) is 2.15. The molecule has 1 fully saturated rings. The molecular formula is C12H23NO2. The van der Waals surface area contributed by atoms with Crippen molar-refractivity contribution in [1.82, 2.24) is 5.32 Å². The predicted molar refractivity (Wildman–Crippen MR) is 60.7 cm³/mol. The number of esters is 1. The number of nitrogens with one attached hydrogen (secondary N) is 1. The van der Waals surface area contributed by atoms with E-state index >= 15 is 0 Å². The number of hydrogen-bond donors (Lipinski definition) is 1. The summed E-state index contributed by atoms with van der Waals surface area (Å²) in [6.07, 6.45) is 6.18. The molecule has 0 aromatic carbocycles. The molecular weight excluding hydrogens is 190 g/mol. The number of ether oxygens (including phenoxy) is 1. The highest BCUT2D eigenvalue weighted by Crippen LogP contribution is 2.27. The van der Waals surface area contributed by atoms with Crippen molar-refractivity contribution in [2.45, 2.75) is 64.5 Å². The standard InChI is InChI=1S/C12H23NO2/c1-10(2)15-11(14)9-13-12(3)7-5-4-6-8-12/h10,13H,4-9H2,1-3H3. The fourth-order valence-corrected chi connectivity index (χ4v) is 2.10. The van der Waals surface area contributed by atoms with Crippen molar-refractivity contribution in [2.24, 2.45) is 0 Å². The fraction of sp³-hybridized carbons (Fsp3) is 0.917. The van der Waals surface area contributed by atoms with E-state index in [0.29, 0.717) is 6.54 Å². The Morgan fingerprint density at radius 2 is 1.93 bits per heavy atom. The summed E-state index contributed by atoms with van der Waals surface area (Å²) < 4.78 is 5.08. The fourth-order valence-electron chi connectivity index (χ4n) is 2.10. The van der Waals surface area contributed by atoms with Gasteiger partial charge in [0.15, 0.2) is 0 Å². The number of rotatable bonds is 4. The van der Waals surface area contributed by atoms with Gasteiger partial charge < -0.3 is 10.1 Å². The predicted octanol–water partition coefficient (Wildman–Crippen LogP) is 2.25. The molecule has 0 saturated heterocycles. The first kappa shape index (κ1) is 12.5. The third-order valence-electron chi connectivity index (χ3n) is 2.98. The summed E-state index contributed by atoms with van der Waals surface area (Å²) in [6, 6.07) is 0. The Hall–Kier alpha value is -0.570. The maximum absolute atomic E-state index is 11.4. The summed E-state index contributed by atoms with van der Waals surface area (Å²) in [5.74, 6) is -0.142. The van der Waals surface area contributed by atoms with Crippen LogP contribution in [0.25, 0.3) is 0 Å². The minimum Gasteiger partial charge on any atom is -0.462 e. The molecule has 1 saturated carbocycles. The van der Waals surface area contributed by atoms with Crippen LogP contribution in [0.3, 0.4) is 0 Å². The monoisotopic (exact) mass is 213 g/mol. The molecule has 3 nitrogen and oxygen atoms in total. The summed E-state index contributed by atoms with van der Waals surface area (Å²) in [6.45, 7) is 6.30. The van der Waals surface area contributed by atoms with Crippen molar-refractivity contribution in [3.8, 4) is 0 Å². The van der Waals surface area contributed by atoms with Gasteiger partial charge in [-0.05, 0) is 33.6 Å². The molecule has 0 aliphatic heterocycles. The van der Waals surface area contributed by atoms with Crippen molar-refractivity contribution in [1.29, 1.82) is 0 Å². The molecule has 0 amide bonds. The number of carbonyl (C=O) groups is 1. The molecule has 0 atom stereocenters. The maximum atomic E-state index is 11.4. The van der Waals surface area contributed by atoms with Gasteiger partial charge in [-0.2, -0.15) is 0 Å². The van der Waals surface area contributed by atoms with E-state index < -0.39 is 0 Å². The zero-order valence-corrected chi connectivity index (χ0v) is 10.1. The van der Waals surface area contributed by atoms with Crippen molar-refractivity contribution in [3.63, 3.8) is 0 Å². The molecule has 1 aliphatic rings. The molecule has 1 aliphatic carbocycles. The molecule has 0 aromatic rings. The molecule has 1 rings (SSSR count). The Morgan fingerprint density at radius 1 is 1.33 bits per heavy atom. The number of carbonyl (C=O) groups excluding carboxylic acids is 1. The van der Waals surface area contributed by atoms with E-state index in [2.05, 4.69) is 12.2 Å². The van der Waals surface area contributed by atoms with Crippen LogP contribution in [0.15, 0.2) is 0 Å². The Morgan fingerprint density at radius 3 is 2.47 bits per heavy atom. The molecule has 0 unspecified atom stereocenters. The van der Waals surface area contributed by atoms with Gasteiger partial charge in [-0.15, -0.1) is 0 Å². The van der Waals surface area contributed by atoms with Gasteiger partial charge in [-0.25, -0.2) is 0 Å². The molecule has 1 N–H and O–H groups in total. The van der Waals surface area contributed by atoms with Gasteiger partial charge in [0.25, 0.3) is 0 Å².